The van der Waals surface area contributed by atoms with Crippen molar-refractivity contribution in [2.24, 2.45) is 0 Å². The molecule has 0 bridgehead atoms. The van der Waals surface area contributed by atoms with Gasteiger partial charge in [0.15, 0.2) is 0 Å². The molecule has 2 aromatic rings. The second-order valence-electron chi connectivity index (χ2n) is 6.59. The molecule has 1 aromatic heterocycles. The molecule has 0 unspecified atom stereocenters. The normalized spacial score (nSPS) is 14.8. The smallest absolute Gasteiger partial charge is 0.251 e. The van der Waals surface area contributed by atoms with Crippen molar-refractivity contribution in [3.63, 3.8) is 0 Å². The van der Waals surface area contributed by atoms with Crippen molar-refractivity contribution in [2.75, 3.05) is 44.2 Å². The lowest BCUT2D eigenvalue weighted by Gasteiger charge is -2.34. The molecule has 0 spiro atoms. The average Bonchev–Trinajstić information content (AvgIpc) is 2.73. The van der Waals surface area contributed by atoms with Gasteiger partial charge in [-0.1, -0.05) is 13.0 Å². The van der Waals surface area contributed by atoms with Gasteiger partial charge in [-0.25, -0.2) is 4.98 Å². The fraction of sp³-hybridized carbons (Fsp3) is 0.429. The number of nitrogens with one attached hydrogen (secondary N) is 1. The van der Waals surface area contributed by atoms with Crippen LogP contribution in [0.25, 0.3) is 0 Å². The van der Waals surface area contributed by atoms with Gasteiger partial charge in [-0.3, -0.25) is 4.79 Å². The van der Waals surface area contributed by atoms with E-state index < -0.39 is 0 Å². The highest BCUT2D eigenvalue weighted by Crippen LogP contribution is 2.15. The molecule has 1 saturated heterocycles. The van der Waals surface area contributed by atoms with Crippen molar-refractivity contribution < 1.29 is 9.53 Å². The summed E-state index contributed by atoms with van der Waals surface area (Å²) in [5, 5.41) is 2.94. The summed E-state index contributed by atoms with van der Waals surface area (Å²) in [5.74, 6) is 1.68. The number of anilines is 1. The van der Waals surface area contributed by atoms with Crippen LogP contribution in [0.3, 0.4) is 0 Å². The number of carbonyl (C=O) groups excluding carboxylic acids is 1. The molecule has 1 aromatic carbocycles. The summed E-state index contributed by atoms with van der Waals surface area (Å²) < 4.78 is 5.40. The topological polar surface area (TPSA) is 57.7 Å². The van der Waals surface area contributed by atoms with Gasteiger partial charge in [0.1, 0.15) is 11.6 Å². The third-order valence-corrected chi connectivity index (χ3v) is 4.83. The molecule has 6 nitrogen and oxygen atoms in total. The standard InChI is InChI=1S/C21H28N4O2/c1-3-24-11-13-25(14-12-24)20-10-5-17(15-22-20)16-23-21(26)18-6-8-19(9-7-18)27-4-2/h5-10,15H,3-4,11-14,16H2,1-2H3,(H,23,26). The molecule has 0 atom stereocenters. The molecule has 0 aliphatic carbocycles. The lowest BCUT2D eigenvalue weighted by molar-refractivity contribution is 0.0951. The Morgan fingerprint density at radius 1 is 1.07 bits per heavy atom. The number of pyridine rings is 1. The van der Waals surface area contributed by atoms with E-state index >= 15 is 0 Å². The number of benzene rings is 1. The van der Waals surface area contributed by atoms with Crippen LogP contribution in [-0.2, 0) is 6.54 Å². The predicted molar refractivity (Wildman–Crippen MR) is 107 cm³/mol. The van der Waals surface area contributed by atoms with Crippen molar-refractivity contribution >= 4 is 11.7 Å². The van der Waals surface area contributed by atoms with E-state index in [9.17, 15) is 4.79 Å². The summed E-state index contributed by atoms with van der Waals surface area (Å²) in [6, 6.07) is 11.3. The van der Waals surface area contributed by atoms with Crippen LogP contribution < -0.4 is 15.0 Å². The minimum atomic E-state index is -0.0992. The fourth-order valence-corrected chi connectivity index (χ4v) is 3.16. The van der Waals surface area contributed by atoms with E-state index in [0.29, 0.717) is 18.7 Å². The SMILES string of the molecule is CCOc1ccc(C(=O)NCc2ccc(N3CCN(CC)CC3)nc2)cc1. The van der Waals surface area contributed by atoms with E-state index in [4.69, 9.17) is 4.74 Å². The van der Waals surface area contributed by atoms with Gasteiger partial charge in [0.2, 0.25) is 0 Å². The van der Waals surface area contributed by atoms with Gasteiger partial charge >= 0.3 is 0 Å². The first kappa shape index (κ1) is 19.2. The Hall–Kier alpha value is -2.60. The molecular weight excluding hydrogens is 340 g/mol. The number of ether oxygens (including phenoxy) is 1. The lowest BCUT2D eigenvalue weighted by atomic mass is 10.2. The first-order chi connectivity index (χ1) is 13.2. The molecule has 144 valence electrons. The Kier molecular flexibility index (Phi) is 6.65. The summed E-state index contributed by atoms with van der Waals surface area (Å²) in [6.07, 6.45) is 1.85. The average molecular weight is 368 g/mol. The predicted octanol–water partition coefficient (Wildman–Crippen LogP) is 2.55. The van der Waals surface area contributed by atoms with E-state index in [0.717, 1.165) is 49.9 Å². The van der Waals surface area contributed by atoms with Gasteiger partial charge < -0.3 is 19.9 Å². The highest BCUT2D eigenvalue weighted by Gasteiger charge is 2.16. The van der Waals surface area contributed by atoms with Gasteiger partial charge in [-0.15, -0.1) is 0 Å². The summed E-state index contributed by atoms with van der Waals surface area (Å²) in [7, 11) is 0. The van der Waals surface area contributed by atoms with Crippen LogP contribution in [-0.4, -0.2) is 55.1 Å². The molecule has 1 aliphatic rings. The monoisotopic (exact) mass is 368 g/mol. The second kappa shape index (κ2) is 9.37. The van der Waals surface area contributed by atoms with Crippen molar-refractivity contribution in [2.45, 2.75) is 20.4 Å². The van der Waals surface area contributed by atoms with Crippen molar-refractivity contribution in [1.29, 1.82) is 0 Å². The molecule has 6 heteroatoms. The lowest BCUT2D eigenvalue weighted by Crippen LogP contribution is -2.46. The zero-order valence-electron chi connectivity index (χ0n) is 16.1. The Labute approximate surface area is 161 Å². The van der Waals surface area contributed by atoms with E-state index in [1.165, 1.54) is 0 Å². The van der Waals surface area contributed by atoms with Crippen molar-refractivity contribution in [1.82, 2.24) is 15.2 Å². The number of hydrogen-bond donors (Lipinski definition) is 1. The second-order valence-corrected chi connectivity index (χ2v) is 6.59. The quantitative estimate of drug-likeness (QED) is 0.814. The van der Waals surface area contributed by atoms with Crippen molar-refractivity contribution in [3.05, 3.63) is 53.7 Å². The number of nitrogens with zero attached hydrogens (tertiary/aromatic N) is 3. The molecule has 3 rings (SSSR count). The minimum Gasteiger partial charge on any atom is -0.494 e. The number of rotatable bonds is 7. The number of piperazine rings is 1. The zero-order valence-corrected chi connectivity index (χ0v) is 16.1. The first-order valence-corrected chi connectivity index (χ1v) is 9.63. The van der Waals surface area contributed by atoms with Crippen LogP contribution in [0.15, 0.2) is 42.6 Å². The van der Waals surface area contributed by atoms with Crippen LogP contribution in [0.5, 0.6) is 5.75 Å². The molecule has 0 radical (unpaired) electrons. The molecule has 1 amide bonds. The van der Waals surface area contributed by atoms with Gasteiger partial charge in [0.05, 0.1) is 6.61 Å². The molecule has 1 N–H and O–H groups in total. The Balaban J connectivity index is 1.50. The number of carbonyl (C=O) groups is 1. The van der Waals surface area contributed by atoms with Gasteiger partial charge in [-0.2, -0.15) is 0 Å². The van der Waals surface area contributed by atoms with E-state index in [1.807, 2.05) is 37.4 Å². The Morgan fingerprint density at radius 2 is 1.81 bits per heavy atom. The number of likely N-dealkylation sites (N-methyl/N-ethyl adjacent to an activating group) is 1. The van der Waals surface area contributed by atoms with E-state index in [1.54, 1.807) is 12.1 Å². The summed E-state index contributed by atoms with van der Waals surface area (Å²) in [4.78, 5) is 21.6. The zero-order chi connectivity index (χ0) is 19.1. The molecule has 0 saturated carbocycles. The van der Waals surface area contributed by atoms with Gasteiger partial charge in [0.25, 0.3) is 5.91 Å². The molecular formula is C21H28N4O2. The summed E-state index contributed by atoms with van der Waals surface area (Å²) >= 11 is 0. The van der Waals surface area contributed by atoms with Crippen LogP contribution in [0.4, 0.5) is 5.82 Å². The van der Waals surface area contributed by atoms with Gasteiger partial charge in [-0.05, 0) is 49.4 Å². The molecule has 1 aliphatic heterocycles. The summed E-state index contributed by atoms with van der Waals surface area (Å²) in [5.41, 5.74) is 1.61. The first-order valence-electron chi connectivity index (χ1n) is 9.63. The maximum absolute atomic E-state index is 12.3. The minimum absolute atomic E-state index is 0.0992. The molecule has 2 heterocycles. The summed E-state index contributed by atoms with van der Waals surface area (Å²) in [6.45, 7) is 10.5. The highest BCUT2D eigenvalue weighted by atomic mass is 16.5. The largest absolute Gasteiger partial charge is 0.494 e. The number of hydrogen-bond acceptors (Lipinski definition) is 5. The number of amides is 1. The Morgan fingerprint density at radius 3 is 2.41 bits per heavy atom. The van der Waals surface area contributed by atoms with Gasteiger partial charge in [0, 0.05) is 44.5 Å². The number of aromatic nitrogens is 1. The van der Waals surface area contributed by atoms with E-state index in [-0.39, 0.29) is 5.91 Å². The van der Waals surface area contributed by atoms with Crippen LogP contribution in [0, 0.1) is 0 Å². The third-order valence-electron chi connectivity index (χ3n) is 4.83. The van der Waals surface area contributed by atoms with Crippen LogP contribution >= 0.6 is 0 Å². The van der Waals surface area contributed by atoms with Crippen LogP contribution in [0.1, 0.15) is 29.8 Å². The van der Waals surface area contributed by atoms with Crippen LogP contribution in [0.2, 0.25) is 0 Å². The molecule has 27 heavy (non-hydrogen) atoms. The maximum atomic E-state index is 12.3. The van der Waals surface area contributed by atoms with E-state index in [2.05, 4.69) is 27.0 Å². The third kappa shape index (κ3) is 5.20. The fourth-order valence-electron chi connectivity index (χ4n) is 3.16. The Bertz CT molecular complexity index is 723. The maximum Gasteiger partial charge on any atom is 0.251 e. The van der Waals surface area contributed by atoms with Crippen molar-refractivity contribution in [3.8, 4) is 5.75 Å². The molecule has 1 fully saturated rings. The highest BCUT2D eigenvalue weighted by molar-refractivity contribution is 5.94.